The van der Waals surface area contributed by atoms with E-state index in [4.69, 9.17) is 4.74 Å². The Hall–Kier alpha value is -2.93. The number of Topliss-reactive ketones (excluding diaryl/α,β-unsaturated/α-hetero) is 1. The number of carbonyl (C=O) groups excluding carboxylic acids is 1. The topological polar surface area (TPSA) is 127 Å². The molecule has 3 rings (SSSR count). The zero-order valence-electron chi connectivity index (χ0n) is 11.1. The lowest BCUT2D eigenvalue weighted by atomic mass is 10.2. The maximum absolute atomic E-state index is 12.2. The standard InChI is InChI=1S/C15H12O7/c16-7-4-10(19)12-11(5-7)22-15(14(21)13(12)20)6-1-2-8(17)9(18)3-6/h1-5,14-19,21H/t14-,15+/m0/s1/i13+1,14+1,15+1. The molecular weight excluding hydrogens is 295 g/mol. The van der Waals surface area contributed by atoms with E-state index in [-0.39, 0.29) is 28.4 Å². The van der Waals surface area contributed by atoms with Crippen molar-refractivity contribution >= 4 is 5.78 Å². The molecule has 1 aliphatic rings. The van der Waals surface area contributed by atoms with Crippen LogP contribution in [0.1, 0.15) is 22.0 Å². The van der Waals surface area contributed by atoms with Gasteiger partial charge in [0.25, 0.3) is 0 Å². The highest BCUT2D eigenvalue weighted by molar-refractivity contribution is 6.05. The van der Waals surface area contributed by atoms with E-state index in [9.17, 15) is 30.3 Å². The summed E-state index contributed by atoms with van der Waals surface area (Å²) in [6.45, 7) is 0. The summed E-state index contributed by atoms with van der Waals surface area (Å²) < 4.78 is 5.47. The number of carbonyl (C=O) groups is 1. The van der Waals surface area contributed by atoms with Crippen molar-refractivity contribution in [2.75, 3.05) is 0 Å². The minimum absolute atomic E-state index is 0.0784. The third kappa shape index (κ3) is 2.08. The van der Waals surface area contributed by atoms with Gasteiger partial charge in [0, 0.05) is 12.1 Å². The molecule has 0 unspecified atom stereocenters. The van der Waals surface area contributed by atoms with Crippen LogP contribution < -0.4 is 4.74 Å². The molecule has 22 heavy (non-hydrogen) atoms. The number of phenols is 4. The predicted octanol–water partition coefficient (Wildman–Crippen LogP) is 1.19. The second-order valence-electron chi connectivity index (χ2n) is 4.93. The minimum atomic E-state index is -1.60. The molecule has 114 valence electrons. The predicted molar refractivity (Wildman–Crippen MR) is 73.2 cm³/mol. The molecule has 2 aromatic rings. The Bertz CT molecular complexity index is 769. The number of rotatable bonds is 1. The van der Waals surface area contributed by atoms with Crippen LogP contribution in [-0.4, -0.2) is 37.4 Å². The SMILES string of the molecule is O=[13C]1c2c(O)cc(O)cc2O[13C@H](c2ccc(O)c(O)c2)[13C@H]1O. The summed E-state index contributed by atoms with van der Waals surface area (Å²) >= 11 is 0. The van der Waals surface area contributed by atoms with Crippen molar-refractivity contribution in [3.8, 4) is 28.7 Å². The highest BCUT2D eigenvalue weighted by Crippen LogP contribution is 2.42. The second kappa shape index (κ2) is 4.81. The molecule has 0 aromatic heterocycles. The van der Waals surface area contributed by atoms with Crippen LogP contribution in [0.2, 0.25) is 0 Å². The third-order valence-corrected chi connectivity index (χ3v) is 3.45. The van der Waals surface area contributed by atoms with E-state index in [1.54, 1.807) is 0 Å². The molecule has 7 heteroatoms. The maximum atomic E-state index is 12.2. The van der Waals surface area contributed by atoms with E-state index >= 15 is 0 Å². The number of aliphatic hydroxyl groups excluding tert-OH is 1. The Labute approximate surface area is 124 Å². The summed E-state index contributed by atoms with van der Waals surface area (Å²) in [6.07, 6.45) is -2.75. The number of ether oxygens (including phenoxy) is 1. The van der Waals surface area contributed by atoms with Crippen molar-refractivity contribution in [2.24, 2.45) is 0 Å². The Balaban J connectivity index is 2.08. The van der Waals surface area contributed by atoms with Crippen molar-refractivity contribution < 1.29 is 35.1 Å². The molecule has 0 fully saturated rings. The van der Waals surface area contributed by atoms with Crippen LogP contribution in [0.15, 0.2) is 30.3 Å². The van der Waals surface area contributed by atoms with Crippen molar-refractivity contribution in [1.82, 2.24) is 0 Å². The molecule has 2 atom stereocenters. The average Bonchev–Trinajstić information content (AvgIpc) is 2.45. The van der Waals surface area contributed by atoms with Crippen LogP contribution in [0, 0.1) is 0 Å². The van der Waals surface area contributed by atoms with Gasteiger partial charge in [-0.3, -0.25) is 4.79 Å². The molecule has 0 bridgehead atoms. The van der Waals surface area contributed by atoms with E-state index in [0.29, 0.717) is 0 Å². The Morgan fingerprint density at radius 3 is 2.32 bits per heavy atom. The number of phenolic OH excluding ortho intramolecular Hbond substituents is 4. The normalized spacial score (nSPS) is 20.3. The number of ketones is 1. The van der Waals surface area contributed by atoms with Gasteiger partial charge < -0.3 is 30.3 Å². The third-order valence-electron chi connectivity index (χ3n) is 3.45. The lowest BCUT2D eigenvalue weighted by molar-refractivity contribution is 0.0210. The molecule has 0 radical (unpaired) electrons. The average molecular weight is 307 g/mol. The van der Waals surface area contributed by atoms with Crippen LogP contribution in [0.3, 0.4) is 0 Å². The summed E-state index contributed by atoms with van der Waals surface area (Å²) in [4.78, 5) is 12.2. The quantitative estimate of drug-likeness (QED) is 0.395. The first-order valence-corrected chi connectivity index (χ1v) is 6.35. The summed E-state index contributed by atoms with van der Waals surface area (Å²) in [5.41, 5.74) is 0.0363. The molecule has 0 amide bonds. The van der Waals surface area contributed by atoms with E-state index in [1.165, 1.54) is 12.1 Å². The largest absolute Gasteiger partial charge is 0.508 e. The highest BCUT2D eigenvalue weighted by atomic mass is 16.6. The molecule has 0 spiro atoms. The van der Waals surface area contributed by atoms with Crippen LogP contribution in [0.5, 0.6) is 28.7 Å². The fraction of sp³-hybridized carbons (Fsp3) is 0.133. The second-order valence-corrected chi connectivity index (χ2v) is 4.93. The van der Waals surface area contributed by atoms with Gasteiger partial charge in [-0.2, -0.15) is 0 Å². The Morgan fingerprint density at radius 2 is 1.64 bits per heavy atom. The molecule has 5 N–H and O–H groups in total. The molecule has 0 aliphatic carbocycles. The van der Waals surface area contributed by atoms with E-state index in [1.807, 2.05) is 0 Å². The van der Waals surface area contributed by atoms with E-state index in [0.717, 1.165) is 18.2 Å². The summed E-state index contributed by atoms with van der Waals surface area (Å²) in [7, 11) is 0. The smallest absolute Gasteiger partial charge is 0.202 e. The summed E-state index contributed by atoms with van der Waals surface area (Å²) in [6, 6.07) is 5.85. The number of fused-ring (bicyclic) bond motifs is 1. The summed E-state index contributed by atoms with van der Waals surface area (Å²) in [5, 5.41) is 48.1. The Kier molecular flexibility index (Phi) is 3.07. The lowest BCUT2D eigenvalue weighted by Gasteiger charge is -2.30. The van der Waals surface area contributed by atoms with Gasteiger partial charge in [-0.25, -0.2) is 0 Å². The number of hydrogen-bond acceptors (Lipinski definition) is 7. The van der Waals surface area contributed by atoms with Crippen molar-refractivity contribution in [2.45, 2.75) is 12.2 Å². The first kappa shape index (κ1) is 14.0. The fourth-order valence-electron chi connectivity index (χ4n) is 2.38. The van der Waals surface area contributed by atoms with Gasteiger partial charge in [-0.05, 0) is 17.7 Å². The molecule has 7 nitrogen and oxygen atoms in total. The van der Waals surface area contributed by atoms with Crippen LogP contribution >= 0.6 is 0 Å². The van der Waals surface area contributed by atoms with Crippen molar-refractivity contribution in [3.63, 3.8) is 0 Å². The van der Waals surface area contributed by atoms with E-state index < -0.39 is 29.5 Å². The number of benzene rings is 2. The van der Waals surface area contributed by atoms with Gasteiger partial charge >= 0.3 is 0 Å². The zero-order chi connectivity index (χ0) is 16.0. The van der Waals surface area contributed by atoms with Gasteiger partial charge in [0.2, 0.25) is 5.78 Å². The maximum Gasteiger partial charge on any atom is 0.202 e. The van der Waals surface area contributed by atoms with Gasteiger partial charge in [0.05, 0.1) is 0 Å². The monoisotopic (exact) mass is 307 g/mol. The first-order valence-electron chi connectivity index (χ1n) is 6.35. The van der Waals surface area contributed by atoms with Gasteiger partial charge in [-0.15, -0.1) is 0 Å². The molecule has 1 aliphatic heterocycles. The highest BCUT2D eigenvalue weighted by Gasteiger charge is 2.39. The van der Waals surface area contributed by atoms with Gasteiger partial charge in [-0.1, -0.05) is 6.07 Å². The van der Waals surface area contributed by atoms with Crippen molar-refractivity contribution in [1.29, 1.82) is 0 Å². The van der Waals surface area contributed by atoms with Crippen LogP contribution in [0.4, 0.5) is 0 Å². The Morgan fingerprint density at radius 1 is 0.909 bits per heavy atom. The number of aromatic hydroxyl groups is 4. The lowest BCUT2D eigenvalue weighted by Crippen LogP contribution is -2.36. The number of hydrogen-bond donors (Lipinski definition) is 5. The molecule has 0 saturated carbocycles. The molecule has 2 aromatic carbocycles. The first-order chi connectivity index (χ1) is 10.4. The summed E-state index contributed by atoms with van der Waals surface area (Å²) in [5.74, 6) is -2.41. The number of aliphatic hydroxyl groups is 1. The minimum Gasteiger partial charge on any atom is -0.508 e. The van der Waals surface area contributed by atoms with Gasteiger partial charge in [0.1, 0.15) is 22.8 Å². The molecule has 0 saturated heterocycles. The fourth-order valence-corrected chi connectivity index (χ4v) is 2.38. The van der Waals surface area contributed by atoms with Gasteiger partial charge in [0.15, 0.2) is 23.7 Å². The van der Waals surface area contributed by atoms with Crippen molar-refractivity contribution in [3.05, 3.63) is 41.5 Å². The van der Waals surface area contributed by atoms with Crippen LogP contribution in [0.25, 0.3) is 0 Å². The zero-order valence-corrected chi connectivity index (χ0v) is 11.1. The molecule has 1 heterocycles. The van der Waals surface area contributed by atoms with Crippen LogP contribution in [-0.2, 0) is 0 Å². The van der Waals surface area contributed by atoms with E-state index in [2.05, 4.69) is 0 Å². The molecular formula is C15H12O7.